The van der Waals surface area contributed by atoms with Gasteiger partial charge in [0.1, 0.15) is 5.82 Å². The Morgan fingerprint density at radius 3 is 2.86 bits per heavy atom. The van der Waals surface area contributed by atoms with Gasteiger partial charge < -0.3 is 15.4 Å². The third-order valence-electron chi connectivity index (χ3n) is 4.47. The van der Waals surface area contributed by atoms with E-state index in [4.69, 9.17) is 4.74 Å². The molecule has 0 aromatic carbocycles. The molecule has 2 aromatic rings. The number of aromatic nitrogens is 4. The zero-order chi connectivity index (χ0) is 21.0. The van der Waals surface area contributed by atoms with Crippen molar-refractivity contribution in [1.29, 1.82) is 0 Å². The summed E-state index contributed by atoms with van der Waals surface area (Å²) in [4.78, 5) is 43.7. The van der Waals surface area contributed by atoms with Crippen molar-refractivity contribution in [3.05, 3.63) is 33.4 Å². The predicted octanol–water partition coefficient (Wildman–Crippen LogP) is 0.623. The number of hydrogen-bond acceptors (Lipinski definition) is 6. The molecule has 2 amide bonds. The van der Waals surface area contributed by atoms with Gasteiger partial charge in [0.25, 0.3) is 5.56 Å². The number of ether oxygens (including phenoxy) is 1. The van der Waals surface area contributed by atoms with Gasteiger partial charge in [0.15, 0.2) is 0 Å². The molecule has 10 heteroatoms. The van der Waals surface area contributed by atoms with E-state index >= 15 is 0 Å². The maximum atomic E-state index is 12.3. The molecule has 10 nitrogen and oxygen atoms in total. The van der Waals surface area contributed by atoms with Crippen LogP contribution in [-0.4, -0.2) is 50.8 Å². The highest BCUT2D eigenvalue weighted by molar-refractivity contribution is 6.39. The summed E-state index contributed by atoms with van der Waals surface area (Å²) < 4.78 is 6.72. The minimum atomic E-state index is -0.820. The van der Waals surface area contributed by atoms with Crippen LogP contribution in [0.15, 0.2) is 10.9 Å². The molecule has 3 rings (SSSR count). The Morgan fingerprint density at radius 2 is 2.10 bits per heavy atom. The van der Waals surface area contributed by atoms with Crippen molar-refractivity contribution in [3.8, 4) is 5.95 Å². The molecular formula is C19H26N6O4. The highest BCUT2D eigenvalue weighted by Crippen LogP contribution is 2.19. The molecular weight excluding hydrogens is 376 g/mol. The third kappa shape index (κ3) is 5.08. The van der Waals surface area contributed by atoms with Gasteiger partial charge in [-0.2, -0.15) is 9.78 Å². The summed E-state index contributed by atoms with van der Waals surface area (Å²) in [7, 11) is 0. The van der Waals surface area contributed by atoms with Crippen LogP contribution in [0.4, 0.5) is 5.82 Å². The van der Waals surface area contributed by atoms with E-state index in [1.54, 1.807) is 13.0 Å². The second-order valence-corrected chi connectivity index (χ2v) is 7.23. The molecule has 1 aliphatic rings. The summed E-state index contributed by atoms with van der Waals surface area (Å²) in [5.74, 6) is -1.10. The number of hydrogen-bond donors (Lipinski definition) is 3. The van der Waals surface area contributed by atoms with Gasteiger partial charge in [0.05, 0.1) is 17.5 Å². The number of aromatic amines is 1. The van der Waals surface area contributed by atoms with Crippen LogP contribution in [0.2, 0.25) is 0 Å². The fourth-order valence-electron chi connectivity index (χ4n) is 3.13. The van der Waals surface area contributed by atoms with Crippen LogP contribution in [0.3, 0.4) is 0 Å². The molecule has 1 aliphatic carbocycles. The molecule has 0 saturated carbocycles. The molecule has 0 aliphatic heterocycles. The Balaban J connectivity index is 1.67. The topological polar surface area (TPSA) is 131 Å². The smallest absolute Gasteiger partial charge is 0.314 e. The van der Waals surface area contributed by atoms with E-state index in [9.17, 15) is 14.4 Å². The predicted molar refractivity (Wildman–Crippen MR) is 106 cm³/mol. The number of anilines is 1. The Labute approximate surface area is 168 Å². The summed E-state index contributed by atoms with van der Waals surface area (Å²) in [5.41, 5.74) is 1.85. The third-order valence-corrected chi connectivity index (χ3v) is 4.47. The number of rotatable bonds is 7. The Bertz CT molecular complexity index is 962. The van der Waals surface area contributed by atoms with E-state index in [0.717, 1.165) is 18.5 Å². The second kappa shape index (κ2) is 8.99. The van der Waals surface area contributed by atoms with Gasteiger partial charge in [0, 0.05) is 24.8 Å². The first-order valence-electron chi connectivity index (χ1n) is 9.75. The lowest BCUT2D eigenvalue weighted by atomic mass is 10.3. The first-order valence-corrected chi connectivity index (χ1v) is 9.75. The van der Waals surface area contributed by atoms with Crippen molar-refractivity contribution in [1.82, 2.24) is 25.1 Å². The van der Waals surface area contributed by atoms with Gasteiger partial charge in [-0.25, -0.2) is 4.98 Å². The molecule has 0 radical (unpaired) electrons. The van der Waals surface area contributed by atoms with Crippen molar-refractivity contribution in [3.63, 3.8) is 0 Å². The maximum Gasteiger partial charge on any atom is 0.314 e. The minimum Gasteiger partial charge on any atom is -0.379 e. The van der Waals surface area contributed by atoms with Crippen LogP contribution in [-0.2, 0) is 27.2 Å². The minimum absolute atomic E-state index is 0.122. The fraction of sp³-hybridized carbons (Fsp3) is 0.526. The monoisotopic (exact) mass is 402 g/mol. The Hall–Kier alpha value is -3.01. The van der Waals surface area contributed by atoms with E-state index < -0.39 is 11.8 Å². The number of nitrogens with zero attached hydrogens (tertiary/aromatic N) is 3. The van der Waals surface area contributed by atoms with Gasteiger partial charge in [-0.05, 0) is 46.5 Å². The summed E-state index contributed by atoms with van der Waals surface area (Å²) in [5, 5.41) is 9.37. The number of carbonyl (C=O) groups excluding carboxylic acids is 2. The van der Waals surface area contributed by atoms with E-state index in [0.29, 0.717) is 37.3 Å². The number of amides is 2. The van der Waals surface area contributed by atoms with E-state index in [1.165, 1.54) is 4.68 Å². The molecule has 0 spiro atoms. The van der Waals surface area contributed by atoms with Crippen molar-refractivity contribution in [2.75, 3.05) is 18.5 Å². The summed E-state index contributed by atoms with van der Waals surface area (Å²) in [6.45, 7) is 6.44. The average Bonchev–Trinajstić information content (AvgIpc) is 3.27. The van der Waals surface area contributed by atoms with Crippen LogP contribution in [0, 0.1) is 6.92 Å². The SMILES string of the molecule is Cc1cc(NC(=O)C(=O)NCCCOC(C)C)n(-c2nc3c(c(=O)[nH]2)CCC3)n1. The van der Waals surface area contributed by atoms with Gasteiger partial charge >= 0.3 is 11.8 Å². The van der Waals surface area contributed by atoms with Crippen LogP contribution in [0.5, 0.6) is 0 Å². The van der Waals surface area contributed by atoms with Crippen LogP contribution in [0.25, 0.3) is 5.95 Å². The van der Waals surface area contributed by atoms with Crippen LogP contribution >= 0.6 is 0 Å². The summed E-state index contributed by atoms with van der Waals surface area (Å²) in [6.07, 6.45) is 3.06. The number of nitrogens with one attached hydrogen (secondary N) is 3. The average molecular weight is 402 g/mol. The van der Waals surface area contributed by atoms with Gasteiger partial charge in [-0.3, -0.25) is 19.4 Å². The van der Waals surface area contributed by atoms with Crippen LogP contribution < -0.4 is 16.2 Å². The van der Waals surface area contributed by atoms with Crippen LogP contribution in [0.1, 0.15) is 43.6 Å². The molecule has 156 valence electrons. The summed E-state index contributed by atoms with van der Waals surface area (Å²) >= 11 is 0. The van der Waals surface area contributed by atoms with E-state index in [-0.39, 0.29) is 23.4 Å². The van der Waals surface area contributed by atoms with Gasteiger partial charge in [-0.1, -0.05) is 0 Å². The molecule has 0 unspecified atom stereocenters. The molecule has 2 aromatic heterocycles. The molecule has 0 bridgehead atoms. The standard InChI is InChI=1S/C19H26N6O4/c1-11(2)29-9-5-8-20-17(27)18(28)22-15-10-12(3)24-25(15)19-21-14-7-4-6-13(14)16(26)23-19/h10-11H,4-9H2,1-3H3,(H,20,27)(H,22,28)(H,21,23,26). The Kier molecular flexibility index (Phi) is 6.42. The zero-order valence-corrected chi connectivity index (χ0v) is 16.9. The van der Waals surface area contributed by atoms with Crippen molar-refractivity contribution >= 4 is 17.6 Å². The van der Waals surface area contributed by atoms with E-state index in [2.05, 4.69) is 25.7 Å². The van der Waals surface area contributed by atoms with E-state index in [1.807, 2.05) is 13.8 Å². The highest BCUT2D eigenvalue weighted by Gasteiger charge is 2.21. The Morgan fingerprint density at radius 1 is 1.31 bits per heavy atom. The number of carbonyl (C=O) groups is 2. The number of aryl methyl sites for hydroxylation is 2. The maximum absolute atomic E-state index is 12.3. The van der Waals surface area contributed by atoms with Gasteiger partial charge in [-0.15, -0.1) is 0 Å². The number of H-pyrrole nitrogens is 1. The lowest BCUT2D eigenvalue weighted by Crippen LogP contribution is -2.36. The zero-order valence-electron chi connectivity index (χ0n) is 16.9. The van der Waals surface area contributed by atoms with Crippen molar-refractivity contribution < 1.29 is 14.3 Å². The molecule has 0 atom stereocenters. The van der Waals surface area contributed by atoms with Crippen molar-refractivity contribution in [2.24, 2.45) is 0 Å². The molecule has 0 saturated heterocycles. The quantitative estimate of drug-likeness (QED) is 0.460. The lowest BCUT2D eigenvalue weighted by molar-refractivity contribution is -0.136. The lowest BCUT2D eigenvalue weighted by Gasteiger charge is -2.10. The van der Waals surface area contributed by atoms with Gasteiger partial charge in [0.2, 0.25) is 5.95 Å². The number of fused-ring (bicyclic) bond motifs is 1. The first kappa shape index (κ1) is 20.7. The highest BCUT2D eigenvalue weighted by atomic mass is 16.5. The second-order valence-electron chi connectivity index (χ2n) is 7.23. The summed E-state index contributed by atoms with van der Waals surface area (Å²) in [6, 6.07) is 1.61. The molecule has 0 fully saturated rings. The molecule has 2 heterocycles. The molecule has 29 heavy (non-hydrogen) atoms. The van der Waals surface area contributed by atoms with Crippen molar-refractivity contribution in [2.45, 2.75) is 52.6 Å². The largest absolute Gasteiger partial charge is 0.379 e. The first-order chi connectivity index (χ1) is 13.8. The fourth-order valence-corrected chi connectivity index (χ4v) is 3.13. The molecule has 3 N–H and O–H groups in total. The normalized spacial score (nSPS) is 12.8.